The molecule has 0 aliphatic rings. The molecule has 0 bridgehead atoms. The van der Waals surface area contributed by atoms with Gasteiger partial charge in [0.15, 0.2) is 5.11 Å². The van der Waals surface area contributed by atoms with Gasteiger partial charge < -0.3 is 10.1 Å². The monoisotopic (exact) mass is 337 g/mol. The van der Waals surface area contributed by atoms with E-state index in [9.17, 15) is 9.59 Å². The third-order valence-corrected chi connectivity index (χ3v) is 3.10. The van der Waals surface area contributed by atoms with E-state index >= 15 is 0 Å². The highest BCUT2D eigenvalue weighted by Crippen LogP contribution is 2.17. The predicted molar refractivity (Wildman–Crippen MR) is 93.1 cm³/mol. The minimum absolute atomic E-state index is 0.0615. The van der Waals surface area contributed by atoms with Crippen molar-refractivity contribution in [1.29, 1.82) is 0 Å². The molecule has 1 rings (SSSR count). The van der Waals surface area contributed by atoms with Crippen LogP contribution in [-0.4, -0.2) is 23.5 Å². The number of para-hydroxylation sites is 1. The summed E-state index contributed by atoms with van der Waals surface area (Å²) in [5.41, 5.74) is 5.36. The first-order chi connectivity index (χ1) is 11.1. The van der Waals surface area contributed by atoms with Gasteiger partial charge >= 0.3 is 0 Å². The first-order valence-electron chi connectivity index (χ1n) is 7.70. The molecule has 0 fully saturated rings. The van der Waals surface area contributed by atoms with E-state index in [4.69, 9.17) is 17.0 Å². The van der Waals surface area contributed by atoms with Gasteiger partial charge in [-0.1, -0.05) is 32.4 Å². The maximum Gasteiger partial charge on any atom is 0.273 e. The lowest BCUT2D eigenvalue weighted by molar-refractivity contribution is -0.119. The summed E-state index contributed by atoms with van der Waals surface area (Å²) in [5.74, 6) is -0.0568. The largest absolute Gasteiger partial charge is 0.493 e. The van der Waals surface area contributed by atoms with Gasteiger partial charge in [0.2, 0.25) is 5.91 Å². The number of rotatable bonds is 7. The van der Waals surface area contributed by atoms with Gasteiger partial charge in [-0.2, -0.15) is 0 Å². The Bertz CT molecular complexity index is 549. The molecule has 1 aromatic rings. The maximum absolute atomic E-state index is 12.2. The second-order valence-corrected chi connectivity index (χ2v) is 5.31. The van der Waals surface area contributed by atoms with Gasteiger partial charge in [-0.15, -0.1) is 0 Å². The molecular formula is C16H23N3O3S. The number of hydrazine groups is 1. The van der Waals surface area contributed by atoms with Gasteiger partial charge in [-0.05, 0) is 37.2 Å². The Morgan fingerprint density at radius 3 is 2.57 bits per heavy atom. The molecule has 0 radical (unpaired) electrons. The smallest absolute Gasteiger partial charge is 0.273 e. The molecule has 23 heavy (non-hydrogen) atoms. The number of hydrogen-bond acceptors (Lipinski definition) is 4. The zero-order valence-electron chi connectivity index (χ0n) is 13.5. The standard InChI is InChI=1S/C16H23N3O3S/c1-3-5-10-14(20)17-16(23)19-18-15(21)12-8-6-7-9-13(12)22-11-4-2/h6-9H,3-5,10-11H2,1-2H3,(H,18,21)(H2,17,19,20,23). The predicted octanol–water partition coefficient (Wildman–Crippen LogP) is 2.30. The molecule has 3 N–H and O–H groups in total. The molecule has 0 aliphatic heterocycles. The van der Waals surface area contributed by atoms with Crippen LogP contribution in [0.4, 0.5) is 0 Å². The van der Waals surface area contributed by atoms with E-state index < -0.39 is 0 Å². The molecular weight excluding hydrogens is 314 g/mol. The van der Waals surface area contributed by atoms with Crippen molar-refractivity contribution in [3.63, 3.8) is 0 Å². The SMILES string of the molecule is CCCCC(=O)NC(=S)NNC(=O)c1ccccc1OCCC. The third kappa shape index (κ3) is 7.10. The van der Waals surface area contributed by atoms with Crippen molar-refractivity contribution in [3.05, 3.63) is 29.8 Å². The molecule has 0 saturated heterocycles. The minimum Gasteiger partial charge on any atom is -0.493 e. The zero-order valence-corrected chi connectivity index (χ0v) is 14.3. The molecule has 0 unspecified atom stereocenters. The second-order valence-electron chi connectivity index (χ2n) is 4.90. The summed E-state index contributed by atoms with van der Waals surface area (Å²) in [4.78, 5) is 23.7. The number of thiocarbonyl (C=S) groups is 1. The number of amides is 2. The van der Waals surface area contributed by atoms with Crippen molar-refractivity contribution < 1.29 is 14.3 Å². The highest BCUT2D eigenvalue weighted by atomic mass is 32.1. The summed E-state index contributed by atoms with van der Waals surface area (Å²) < 4.78 is 5.53. The molecule has 0 aliphatic carbocycles. The summed E-state index contributed by atoms with van der Waals surface area (Å²) in [6.07, 6.45) is 2.98. The number of ether oxygens (including phenoxy) is 1. The molecule has 0 heterocycles. The lowest BCUT2D eigenvalue weighted by atomic mass is 10.2. The second kappa shape index (κ2) is 10.6. The van der Waals surface area contributed by atoms with E-state index in [0.29, 0.717) is 24.3 Å². The van der Waals surface area contributed by atoms with Crippen LogP contribution >= 0.6 is 12.2 Å². The van der Waals surface area contributed by atoms with Crippen molar-refractivity contribution in [2.45, 2.75) is 39.5 Å². The van der Waals surface area contributed by atoms with Gasteiger partial charge in [0.25, 0.3) is 5.91 Å². The third-order valence-electron chi connectivity index (χ3n) is 2.89. The van der Waals surface area contributed by atoms with Crippen LogP contribution in [0.1, 0.15) is 49.9 Å². The summed E-state index contributed by atoms with van der Waals surface area (Å²) in [7, 11) is 0. The molecule has 0 atom stereocenters. The highest BCUT2D eigenvalue weighted by Gasteiger charge is 2.12. The van der Waals surface area contributed by atoms with E-state index in [1.54, 1.807) is 24.3 Å². The van der Waals surface area contributed by atoms with Gasteiger partial charge in [0.1, 0.15) is 5.75 Å². The Morgan fingerprint density at radius 1 is 1.13 bits per heavy atom. The Labute approximate surface area is 141 Å². The summed E-state index contributed by atoms with van der Waals surface area (Å²) in [6.45, 7) is 4.52. The molecule has 2 amide bonds. The van der Waals surface area contributed by atoms with Crippen LogP contribution < -0.4 is 20.9 Å². The van der Waals surface area contributed by atoms with Crippen molar-refractivity contribution in [2.24, 2.45) is 0 Å². The lowest BCUT2D eigenvalue weighted by Gasteiger charge is -2.13. The van der Waals surface area contributed by atoms with E-state index in [1.165, 1.54) is 0 Å². The van der Waals surface area contributed by atoms with Crippen molar-refractivity contribution in [1.82, 2.24) is 16.2 Å². The fourth-order valence-electron chi connectivity index (χ4n) is 1.73. The average molecular weight is 337 g/mol. The molecule has 6 nitrogen and oxygen atoms in total. The zero-order chi connectivity index (χ0) is 17.1. The molecule has 126 valence electrons. The normalized spacial score (nSPS) is 9.83. The molecule has 1 aromatic carbocycles. The minimum atomic E-state index is -0.387. The first-order valence-corrected chi connectivity index (χ1v) is 8.11. The van der Waals surface area contributed by atoms with Crippen molar-refractivity contribution in [2.75, 3.05) is 6.61 Å². The number of nitrogens with one attached hydrogen (secondary N) is 3. The first kappa shape index (κ1) is 18.9. The molecule has 0 aromatic heterocycles. The number of carbonyl (C=O) groups excluding carboxylic acids is 2. The van der Waals surface area contributed by atoms with Crippen LogP contribution in [0.3, 0.4) is 0 Å². The Kier molecular flexibility index (Phi) is 8.67. The van der Waals surface area contributed by atoms with Crippen LogP contribution in [0, 0.1) is 0 Å². The van der Waals surface area contributed by atoms with E-state index in [2.05, 4.69) is 16.2 Å². The summed E-state index contributed by atoms with van der Waals surface area (Å²) >= 11 is 4.96. The molecule has 0 saturated carbocycles. The number of hydrogen-bond donors (Lipinski definition) is 3. The summed E-state index contributed by atoms with van der Waals surface area (Å²) in [6, 6.07) is 6.94. The van der Waals surface area contributed by atoms with Crippen LogP contribution in [-0.2, 0) is 4.79 Å². The van der Waals surface area contributed by atoms with Crippen molar-refractivity contribution >= 4 is 29.1 Å². The topological polar surface area (TPSA) is 79.5 Å². The Balaban J connectivity index is 2.50. The van der Waals surface area contributed by atoms with Crippen LogP contribution in [0.25, 0.3) is 0 Å². The maximum atomic E-state index is 12.2. The summed E-state index contributed by atoms with van der Waals surface area (Å²) in [5, 5.41) is 2.57. The van der Waals surface area contributed by atoms with Gasteiger partial charge in [-0.25, -0.2) is 0 Å². The van der Waals surface area contributed by atoms with Gasteiger partial charge in [0, 0.05) is 6.42 Å². The number of carbonyl (C=O) groups is 2. The van der Waals surface area contributed by atoms with E-state index in [1.807, 2.05) is 13.8 Å². The lowest BCUT2D eigenvalue weighted by Crippen LogP contribution is -2.48. The fourth-order valence-corrected chi connectivity index (χ4v) is 1.90. The quantitative estimate of drug-likeness (QED) is 0.525. The fraction of sp³-hybridized carbons (Fsp3) is 0.438. The van der Waals surface area contributed by atoms with Gasteiger partial charge in [-0.3, -0.25) is 20.4 Å². The van der Waals surface area contributed by atoms with Crippen LogP contribution in [0.15, 0.2) is 24.3 Å². The van der Waals surface area contributed by atoms with Gasteiger partial charge in [0.05, 0.1) is 12.2 Å². The van der Waals surface area contributed by atoms with Crippen molar-refractivity contribution in [3.8, 4) is 5.75 Å². The Morgan fingerprint density at radius 2 is 1.87 bits per heavy atom. The van der Waals surface area contributed by atoms with E-state index in [0.717, 1.165) is 19.3 Å². The number of unbranched alkanes of at least 4 members (excludes halogenated alkanes) is 1. The molecule has 7 heteroatoms. The molecule has 0 spiro atoms. The van der Waals surface area contributed by atoms with Crippen LogP contribution in [0.5, 0.6) is 5.75 Å². The Hall–Kier alpha value is -2.15. The van der Waals surface area contributed by atoms with Crippen LogP contribution in [0.2, 0.25) is 0 Å². The highest BCUT2D eigenvalue weighted by molar-refractivity contribution is 7.80. The average Bonchev–Trinajstić information content (AvgIpc) is 2.56. The van der Waals surface area contributed by atoms with E-state index in [-0.39, 0.29) is 16.9 Å². The number of benzene rings is 1.